The van der Waals surface area contributed by atoms with Gasteiger partial charge >= 0.3 is 0 Å². The van der Waals surface area contributed by atoms with Gasteiger partial charge in [0.1, 0.15) is 0 Å². The average molecular weight is 542 g/mol. The number of nitrogens with one attached hydrogen (secondary N) is 1. The first-order valence-corrected chi connectivity index (χ1v) is 14.8. The second-order valence-corrected chi connectivity index (χ2v) is 11.4. The summed E-state index contributed by atoms with van der Waals surface area (Å²) < 4.78 is 11.9. The van der Waals surface area contributed by atoms with Crippen molar-refractivity contribution < 1.29 is 14.3 Å². The van der Waals surface area contributed by atoms with Crippen molar-refractivity contribution in [2.45, 2.75) is 77.2 Å². The van der Waals surface area contributed by atoms with Gasteiger partial charge in [-0.15, -0.1) is 0 Å². The molecule has 1 aromatic rings. The molecule has 3 rings (SSSR count). The number of halogens is 2. The van der Waals surface area contributed by atoms with Crippen molar-refractivity contribution in [2.75, 3.05) is 46.5 Å². The molecule has 1 amide bonds. The summed E-state index contributed by atoms with van der Waals surface area (Å²) in [5, 5.41) is 4.43. The van der Waals surface area contributed by atoms with Crippen molar-refractivity contribution in [3.05, 3.63) is 33.8 Å². The molecule has 1 saturated heterocycles. The summed E-state index contributed by atoms with van der Waals surface area (Å²) in [4.78, 5) is 15.6. The fraction of sp³-hybridized carbons (Fsp3) is 0.759. The third kappa shape index (κ3) is 9.16. The Kier molecular flexibility index (Phi) is 13.4. The number of hydrogen-bond acceptors (Lipinski definition) is 4. The van der Waals surface area contributed by atoms with Gasteiger partial charge < -0.3 is 19.7 Å². The maximum absolute atomic E-state index is 13.5. The number of amides is 1. The molecule has 1 N–H and O–H groups in total. The van der Waals surface area contributed by atoms with Gasteiger partial charge in [0.2, 0.25) is 5.91 Å². The van der Waals surface area contributed by atoms with Crippen molar-refractivity contribution in [3.63, 3.8) is 0 Å². The number of nitrogens with zero attached hydrogens (tertiary/aromatic N) is 1. The molecule has 36 heavy (non-hydrogen) atoms. The zero-order valence-electron chi connectivity index (χ0n) is 22.3. The quantitative estimate of drug-likeness (QED) is 0.260. The van der Waals surface area contributed by atoms with E-state index in [9.17, 15) is 4.79 Å². The number of rotatable bonds is 14. The van der Waals surface area contributed by atoms with Crippen LogP contribution in [0.15, 0.2) is 18.2 Å². The lowest BCUT2D eigenvalue weighted by molar-refractivity contribution is -0.135. The standard InChI is InChI=1S/C29H46Cl2N2O3/c1-3-35-16-9-17-36-29(25-13-7-14-26(30)28(25)31)24-12-8-15-33(21-24)27(34)19-23(20-32-2)18-22-10-5-4-6-11-22/h7,13-14,22-24,29,32H,3-6,8-12,15-21H2,1-2H3/t23-,24-,29-/m1/s1. The van der Waals surface area contributed by atoms with E-state index in [4.69, 9.17) is 32.7 Å². The van der Waals surface area contributed by atoms with Gasteiger partial charge in [-0.1, -0.05) is 67.4 Å². The van der Waals surface area contributed by atoms with Crippen LogP contribution in [-0.2, 0) is 14.3 Å². The van der Waals surface area contributed by atoms with Gasteiger partial charge in [-0.25, -0.2) is 0 Å². The van der Waals surface area contributed by atoms with E-state index in [1.54, 1.807) is 0 Å². The smallest absolute Gasteiger partial charge is 0.222 e. The number of carbonyl (C=O) groups excluding carboxylic acids is 1. The van der Waals surface area contributed by atoms with Crippen LogP contribution in [0.3, 0.4) is 0 Å². The number of ether oxygens (including phenoxy) is 2. The Bertz CT molecular complexity index is 788. The van der Waals surface area contributed by atoms with Crippen LogP contribution in [0.4, 0.5) is 0 Å². The Labute approximate surface area is 228 Å². The maximum atomic E-state index is 13.5. The minimum absolute atomic E-state index is 0.187. The number of piperidine rings is 1. The molecule has 1 saturated carbocycles. The van der Waals surface area contributed by atoms with Crippen molar-refractivity contribution >= 4 is 29.1 Å². The van der Waals surface area contributed by atoms with E-state index >= 15 is 0 Å². The largest absolute Gasteiger partial charge is 0.382 e. The predicted octanol–water partition coefficient (Wildman–Crippen LogP) is 6.91. The Morgan fingerprint density at radius 1 is 1.14 bits per heavy atom. The van der Waals surface area contributed by atoms with Gasteiger partial charge in [0.15, 0.2) is 0 Å². The highest BCUT2D eigenvalue weighted by molar-refractivity contribution is 6.42. The topological polar surface area (TPSA) is 50.8 Å². The molecule has 1 aliphatic heterocycles. The third-order valence-corrected chi connectivity index (χ3v) is 8.64. The molecule has 7 heteroatoms. The number of benzene rings is 1. The number of likely N-dealkylation sites (tertiary alicyclic amines) is 1. The molecule has 0 unspecified atom stereocenters. The minimum Gasteiger partial charge on any atom is -0.382 e. The second-order valence-electron chi connectivity index (χ2n) is 10.6. The average Bonchev–Trinajstić information content (AvgIpc) is 2.89. The maximum Gasteiger partial charge on any atom is 0.222 e. The molecule has 1 aliphatic carbocycles. The van der Waals surface area contributed by atoms with E-state index in [1.807, 2.05) is 32.2 Å². The van der Waals surface area contributed by atoms with Gasteiger partial charge in [-0.05, 0) is 64.1 Å². The summed E-state index contributed by atoms with van der Waals surface area (Å²) in [6, 6.07) is 5.75. The number of carbonyl (C=O) groups is 1. The first-order valence-electron chi connectivity index (χ1n) is 14.1. The third-order valence-electron chi connectivity index (χ3n) is 7.81. The Morgan fingerprint density at radius 3 is 2.69 bits per heavy atom. The van der Waals surface area contributed by atoms with E-state index in [2.05, 4.69) is 10.2 Å². The van der Waals surface area contributed by atoms with Crippen LogP contribution in [-0.4, -0.2) is 57.3 Å². The van der Waals surface area contributed by atoms with Crippen molar-refractivity contribution in [1.29, 1.82) is 0 Å². The minimum atomic E-state index is -0.191. The SMILES string of the molecule is CCOCCCO[C@@H](c1cccc(Cl)c1Cl)[C@@H]1CCCN(C(=O)C[C@H](CNC)CC2CCCCC2)C1. The first-order chi connectivity index (χ1) is 17.5. The fourth-order valence-electron chi connectivity index (χ4n) is 6.02. The summed E-state index contributed by atoms with van der Waals surface area (Å²) in [5.41, 5.74) is 0.922. The highest BCUT2D eigenvalue weighted by atomic mass is 35.5. The van der Waals surface area contributed by atoms with Crippen molar-refractivity contribution in [3.8, 4) is 0 Å². The molecule has 2 fully saturated rings. The summed E-state index contributed by atoms with van der Waals surface area (Å²) >= 11 is 13.0. The van der Waals surface area contributed by atoms with Gasteiger partial charge in [-0.3, -0.25) is 4.79 Å². The van der Waals surface area contributed by atoms with Crippen molar-refractivity contribution in [2.24, 2.45) is 17.8 Å². The number of hydrogen-bond donors (Lipinski definition) is 1. The molecule has 2 aliphatic rings. The summed E-state index contributed by atoms with van der Waals surface area (Å²) in [7, 11) is 2.00. The molecule has 1 aromatic carbocycles. The highest BCUT2D eigenvalue weighted by Crippen LogP contribution is 2.39. The lowest BCUT2D eigenvalue weighted by Crippen LogP contribution is -2.43. The van der Waals surface area contributed by atoms with Crippen LogP contribution in [0, 0.1) is 17.8 Å². The molecule has 0 spiro atoms. The molecule has 204 valence electrons. The van der Waals surface area contributed by atoms with Crippen LogP contribution < -0.4 is 5.32 Å². The van der Waals surface area contributed by atoms with E-state index in [0.29, 0.717) is 48.7 Å². The van der Waals surface area contributed by atoms with E-state index in [-0.39, 0.29) is 17.9 Å². The molecule has 0 radical (unpaired) electrons. The van der Waals surface area contributed by atoms with E-state index in [1.165, 1.54) is 32.1 Å². The van der Waals surface area contributed by atoms with E-state index < -0.39 is 0 Å². The van der Waals surface area contributed by atoms with Gasteiger partial charge in [0, 0.05) is 50.8 Å². The monoisotopic (exact) mass is 540 g/mol. The molecule has 0 bridgehead atoms. The molecule has 5 nitrogen and oxygen atoms in total. The van der Waals surface area contributed by atoms with E-state index in [0.717, 1.165) is 50.3 Å². The van der Waals surface area contributed by atoms with Crippen LogP contribution in [0.5, 0.6) is 0 Å². The fourth-order valence-corrected chi connectivity index (χ4v) is 6.43. The predicted molar refractivity (Wildman–Crippen MR) is 149 cm³/mol. The molecular formula is C29H46Cl2N2O3. The van der Waals surface area contributed by atoms with Crippen LogP contribution >= 0.6 is 23.2 Å². The molecule has 3 atom stereocenters. The zero-order chi connectivity index (χ0) is 25.8. The first kappa shape index (κ1) is 29.7. The normalized spacial score (nSPS) is 20.9. The summed E-state index contributed by atoms with van der Waals surface area (Å²) in [6.07, 6.45) is 11.1. The highest BCUT2D eigenvalue weighted by Gasteiger charge is 2.33. The summed E-state index contributed by atoms with van der Waals surface area (Å²) in [5.74, 6) is 1.65. The lowest BCUT2D eigenvalue weighted by atomic mass is 9.81. The van der Waals surface area contributed by atoms with Gasteiger partial charge in [-0.2, -0.15) is 0 Å². The van der Waals surface area contributed by atoms with Crippen LogP contribution in [0.1, 0.15) is 82.8 Å². The molecule has 0 aromatic heterocycles. The van der Waals surface area contributed by atoms with Crippen molar-refractivity contribution in [1.82, 2.24) is 10.2 Å². The molecular weight excluding hydrogens is 495 g/mol. The van der Waals surface area contributed by atoms with Gasteiger partial charge in [0.05, 0.1) is 16.1 Å². The molecule has 1 heterocycles. The Morgan fingerprint density at radius 2 is 1.94 bits per heavy atom. The second kappa shape index (κ2) is 16.2. The van der Waals surface area contributed by atoms with Gasteiger partial charge in [0.25, 0.3) is 0 Å². The van der Waals surface area contributed by atoms with Crippen LogP contribution in [0.2, 0.25) is 10.0 Å². The zero-order valence-corrected chi connectivity index (χ0v) is 23.8. The summed E-state index contributed by atoms with van der Waals surface area (Å²) in [6.45, 7) is 6.40. The lowest BCUT2D eigenvalue weighted by Gasteiger charge is -2.38. The Balaban J connectivity index is 1.65. The Hall–Kier alpha value is -0.850. The van der Waals surface area contributed by atoms with Crippen LogP contribution in [0.25, 0.3) is 0 Å².